The van der Waals surface area contributed by atoms with Gasteiger partial charge >= 0.3 is 5.97 Å². The topological polar surface area (TPSA) is 80.7 Å². The van der Waals surface area contributed by atoms with E-state index in [2.05, 4.69) is 0 Å². The Bertz CT molecular complexity index is 495. The quantitative estimate of drug-likeness (QED) is 0.725. The second-order valence-electron chi connectivity index (χ2n) is 4.23. The first-order chi connectivity index (χ1) is 8.97. The maximum atomic E-state index is 12.0. The molecule has 0 aliphatic rings. The zero-order chi connectivity index (χ0) is 14.3. The number of carboxylic acids is 1. The molecule has 0 aliphatic carbocycles. The van der Waals surface area contributed by atoms with Crippen LogP contribution in [0.5, 0.6) is 0 Å². The summed E-state index contributed by atoms with van der Waals surface area (Å²) in [5, 5.41) is 7.72. The molecule has 0 amide bonds. The molecule has 1 unspecified atom stereocenters. The Labute approximate surface area is 113 Å². The van der Waals surface area contributed by atoms with Crippen LogP contribution in [0.15, 0.2) is 30.3 Å². The zero-order valence-corrected chi connectivity index (χ0v) is 11.6. The van der Waals surface area contributed by atoms with Gasteiger partial charge in [-0.15, -0.1) is 0 Å². The summed E-state index contributed by atoms with van der Waals surface area (Å²) in [5.74, 6) is -1.48. The summed E-state index contributed by atoms with van der Waals surface area (Å²) in [6.45, 7) is 0.302. The van der Waals surface area contributed by atoms with Gasteiger partial charge in [-0.05, 0) is 18.4 Å². The molecule has 0 spiro atoms. The molecule has 0 saturated heterocycles. The molecule has 0 saturated carbocycles. The molecule has 0 fully saturated rings. The van der Waals surface area contributed by atoms with Crippen molar-refractivity contribution in [1.82, 2.24) is 0 Å². The third kappa shape index (κ3) is 5.00. The summed E-state index contributed by atoms with van der Waals surface area (Å²) < 4.78 is 28.8. The molecule has 0 bridgehead atoms. The lowest BCUT2D eigenvalue weighted by atomic mass is 10.1. The van der Waals surface area contributed by atoms with E-state index in [-0.39, 0.29) is 12.2 Å². The third-order valence-corrected chi connectivity index (χ3v) is 4.84. The van der Waals surface area contributed by atoms with Crippen LogP contribution < -0.4 is 0 Å². The molecular formula is C13H18O5S. The summed E-state index contributed by atoms with van der Waals surface area (Å²) in [6.07, 6.45) is 0.295. The van der Waals surface area contributed by atoms with Gasteiger partial charge in [0.2, 0.25) is 0 Å². The molecule has 0 aliphatic heterocycles. The first-order valence-electron chi connectivity index (χ1n) is 5.94. The Morgan fingerprint density at radius 2 is 1.95 bits per heavy atom. The molecule has 0 radical (unpaired) electrons. The van der Waals surface area contributed by atoms with Crippen LogP contribution >= 0.6 is 0 Å². The number of hydrogen-bond acceptors (Lipinski definition) is 4. The highest BCUT2D eigenvalue weighted by molar-refractivity contribution is 7.92. The van der Waals surface area contributed by atoms with Crippen LogP contribution in [0.3, 0.4) is 0 Å². The van der Waals surface area contributed by atoms with Gasteiger partial charge < -0.3 is 9.84 Å². The molecule has 5 nitrogen and oxygen atoms in total. The Kier molecular flexibility index (Phi) is 5.98. The fourth-order valence-corrected chi connectivity index (χ4v) is 3.30. The Balaban J connectivity index is 2.80. The average Bonchev–Trinajstić information content (AvgIpc) is 2.37. The maximum absolute atomic E-state index is 12.0. The van der Waals surface area contributed by atoms with Crippen molar-refractivity contribution in [3.63, 3.8) is 0 Å². The van der Waals surface area contributed by atoms with Gasteiger partial charge in [0.15, 0.2) is 15.1 Å². The highest BCUT2D eigenvalue weighted by Crippen LogP contribution is 2.12. The van der Waals surface area contributed by atoms with Crippen molar-refractivity contribution < 1.29 is 23.1 Å². The number of ether oxygens (including phenoxy) is 1. The summed E-state index contributed by atoms with van der Waals surface area (Å²) in [5.41, 5.74) is 0.699. The normalized spacial score (nSPS) is 13.1. The number of carboxylic acid groups (broad SMARTS) is 1. The molecule has 1 atom stereocenters. The van der Waals surface area contributed by atoms with E-state index in [1.807, 2.05) is 0 Å². The van der Waals surface area contributed by atoms with Crippen molar-refractivity contribution in [2.24, 2.45) is 0 Å². The molecule has 1 aromatic rings. The van der Waals surface area contributed by atoms with Gasteiger partial charge in [-0.3, -0.25) is 4.79 Å². The summed E-state index contributed by atoms with van der Waals surface area (Å²) in [6, 6.07) is 8.76. The van der Waals surface area contributed by atoms with Gasteiger partial charge in [0.1, 0.15) is 0 Å². The smallest absolute Gasteiger partial charge is 0.322 e. The summed E-state index contributed by atoms with van der Waals surface area (Å²) in [4.78, 5) is 11.2. The van der Waals surface area contributed by atoms with Crippen LogP contribution in [0.2, 0.25) is 0 Å². The van der Waals surface area contributed by atoms with E-state index >= 15 is 0 Å². The van der Waals surface area contributed by atoms with Gasteiger partial charge in [-0.25, -0.2) is 8.42 Å². The minimum atomic E-state index is -3.67. The Morgan fingerprint density at radius 3 is 2.47 bits per heavy atom. The van der Waals surface area contributed by atoms with E-state index in [9.17, 15) is 13.2 Å². The number of benzene rings is 1. The minimum Gasteiger partial charge on any atom is -0.480 e. The third-order valence-electron chi connectivity index (χ3n) is 2.75. The molecule has 0 heterocycles. The van der Waals surface area contributed by atoms with Crippen molar-refractivity contribution in [2.75, 3.05) is 19.5 Å². The van der Waals surface area contributed by atoms with Gasteiger partial charge in [-0.2, -0.15) is 0 Å². The van der Waals surface area contributed by atoms with Gasteiger partial charge in [0.05, 0.1) is 5.75 Å². The van der Waals surface area contributed by atoms with Crippen molar-refractivity contribution in [3.05, 3.63) is 35.9 Å². The molecule has 1 aromatic carbocycles. The van der Waals surface area contributed by atoms with Gasteiger partial charge in [0, 0.05) is 13.7 Å². The maximum Gasteiger partial charge on any atom is 0.322 e. The van der Waals surface area contributed by atoms with E-state index in [0.29, 0.717) is 18.6 Å². The molecule has 106 valence electrons. The van der Waals surface area contributed by atoms with Crippen LogP contribution in [-0.4, -0.2) is 44.2 Å². The fourth-order valence-electron chi connectivity index (χ4n) is 1.74. The van der Waals surface area contributed by atoms with Crippen LogP contribution in [0.25, 0.3) is 0 Å². The van der Waals surface area contributed by atoms with Crippen molar-refractivity contribution in [2.45, 2.75) is 18.1 Å². The fraction of sp³-hybridized carbons (Fsp3) is 0.462. The predicted octanol–water partition coefficient (Wildman–Crippen LogP) is 1.13. The van der Waals surface area contributed by atoms with E-state index in [4.69, 9.17) is 9.84 Å². The predicted molar refractivity (Wildman–Crippen MR) is 71.8 cm³/mol. The minimum absolute atomic E-state index is 0.00844. The number of carbonyl (C=O) groups is 1. The Hall–Kier alpha value is -1.40. The van der Waals surface area contributed by atoms with Crippen molar-refractivity contribution >= 4 is 15.8 Å². The Morgan fingerprint density at radius 1 is 1.32 bits per heavy atom. The largest absolute Gasteiger partial charge is 0.480 e. The number of methoxy groups -OCH3 is 1. The lowest BCUT2D eigenvalue weighted by molar-refractivity contribution is -0.136. The van der Waals surface area contributed by atoms with E-state index in [1.165, 1.54) is 7.11 Å². The molecule has 1 rings (SSSR count). The first kappa shape index (κ1) is 15.7. The van der Waals surface area contributed by atoms with E-state index in [0.717, 1.165) is 0 Å². The molecule has 6 heteroatoms. The van der Waals surface area contributed by atoms with Crippen LogP contribution in [0, 0.1) is 0 Å². The van der Waals surface area contributed by atoms with Crippen molar-refractivity contribution in [3.8, 4) is 0 Å². The lowest BCUT2D eigenvalue weighted by Crippen LogP contribution is -2.34. The van der Waals surface area contributed by atoms with Crippen LogP contribution in [-0.2, 0) is 25.8 Å². The zero-order valence-electron chi connectivity index (χ0n) is 10.8. The number of rotatable bonds is 8. The number of aliphatic carboxylic acids is 1. The molecule has 1 N–H and O–H groups in total. The lowest BCUT2D eigenvalue weighted by Gasteiger charge is -2.13. The summed E-state index contributed by atoms with van der Waals surface area (Å²) >= 11 is 0. The van der Waals surface area contributed by atoms with Gasteiger partial charge in [-0.1, -0.05) is 30.3 Å². The number of hydrogen-bond donors (Lipinski definition) is 1. The second-order valence-corrected chi connectivity index (χ2v) is 6.53. The highest BCUT2D eigenvalue weighted by Gasteiger charge is 2.31. The monoisotopic (exact) mass is 286 g/mol. The van der Waals surface area contributed by atoms with Crippen LogP contribution in [0.4, 0.5) is 0 Å². The highest BCUT2D eigenvalue weighted by atomic mass is 32.2. The van der Waals surface area contributed by atoms with Crippen molar-refractivity contribution in [1.29, 1.82) is 0 Å². The molecular weight excluding hydrogens is 268 g/mol. The van der Waals surface area contributed by atoms with E-state index < -0.39 is 21.1 Å². The van der Waals surface area contributed by atoms with Gasteiger partial charge in [0.25, 0.3) is 0 Å². The SMILES string of the molecule is COCCCS(=O)(=O)C(Cc1ccccc1)C(=O)O. The standard InChI is InChI=1S/C13H18O5S/c1-18-8-5-9-19(16,17)12(13(14)15)10-11-6-3-2-4-7-11/h2-4,6-7,12H,5,8-10H2,1H3,(H,14,15). The average molecular weight is 286 g/mol. The molecule has 0 aromatic heterocycles. The molecule has 19 heavy (non-hydrogen) atoms. The summed E-state index contributed by atoms with van der Waals surface area (Å²) in [7, 11) is -2.19. The van der Waals surface area contributed by atoms with Crippen LogP contribution in [0.1, 0.15) is 12.0 Å². The van der Waals surface area contributed by atoms with E-state index in [1.54, 1.807) is 30.3 Å². The number of sulfone groups is 1. The first-order valence-corrected chi connectivity index (χ1v) is 7.66. The second kappa shape index (κ2) is 7.25.